The molecule has 1 heterocycles. The maximum atomic E-state index is 11.9. The van der Waals surface area contributed by atoms with Gasteiger partial charge in [0.1, 0.15) is 0 Å². The minimum absolute atomic E-state index is 0.189. The van der Waals surface area contributed by atoms with Crippen LogP contribution >= 0.6 is 0 Å². The Morgan fingerprint density at radius 1 is 1.10 bits per heavy atom. The molecule has 0 aliphatic heterocycles. The van der Waals surface area contributed by atoms with Crippen LogP contribution in [0.2, 0.25) is 0 Å². The van der Waals surface area contributed by atoms with Crippen molar-refractivity contribution in [1.29, 1.82) is 0 Å². The van der Waals surface area contributed by atoms with Crippen LogP contribution in [0.5, 0.6) is 0 Å². The second-order valence-corrected chi connectivity index (χ2v) is 4.76. The molecule has 0 N–H and O–H groups in total. The van der Waals surface area contributed by atoms with Crippen molar-refractivity contribution in [3.8, 4) is 0 Å². The Bertz CT molecular complexity index is 695. The van der Waals surface area contributed by atoms with Gasteiger partial charge >= 0.3 is 5.97 Å². The summed E-state index contributed by atoms with van der Waals surface area (Å²) in [7, 11) is 0. The first-order valence-corrected chi connectivity index (χ1v) is 6.35. The molecule has 2 aromatic rings. The molecule has 0 unspecified atom stereocenters. The largest absolute Gasteiger partial charge is 0.451 e. The Balaban J connectivity index is 2.34. The molecular weight excluding hydrogens is 256 g/mol. The molecule has 0 aliphatic rings. The number of aryl methyl sites for hydroxylation is 2. The van der Waals surface area contributed by atoms with Gasteiger partial charge in [-0.2, -0.15) is 0 Å². The van der Waals surface area contributed by atoms with Gasteiger partial charge in [0.15, 0.2) is 11.9 Å². The lowest BCUT2D eigenvalue weighted by molar-refractivity contribution is -0.124. The Morgan fingerprint density at radius 2 is 1.70 bits per heavy atom. The lowest BCUT2D eigenvalue weighted by atomic mass is 10.2. The van der Waals surface area contributed by atoms with Crippen molar-refractivity contribution < 1.29 is 14.3 Å². The number of carbonyl (C=O) groups is 2. The van der Waals surface area contributed by atoms with Crippen LogP contribution < -0.4 is 0 Å². The van der Waals surface area contributed by atoms with Gasteiger partial charge in [0.25, 0.3) is 0 Å². The Labute approximate surface area is 117 Å². The first kappa shape index (κ1) is 14.1. The highest BCUT2D eigenvalue weighted by Crippen LogP contribution is 2.15. The first-order chi connectivity index (χ1) is 9.38. The number of rotatable bonds is 3. The van der Waals surface area contributed by atoms with Crippen LogP contribution in [0.3, 0.4) is 0 Å². The van der Waals surface area contributed by atoms with Crippen LogP contribution in [0.1, 0.15) is 35.6 Å². The van der Waals surface area contributed by atoms with Crippen molar-refractivity contribution in [2.45, 2.75) is 33.8 Å². The van der Waals surface area contributed by atoms with Crippen molar-refractivity contribution in [1.82, 2.24) is 9.97 Å². The van der Waals surface area contributed by atoms with E-state index in [4.69, 9.17) is 4.74 Å². The van der Waals surface area contributed by atoms with E-state index in [1.165, 1.54) is 6.92 Å². The number of benzene rings is 1. The highest BCUT2D eigenvalue weighted by atomic mass is 16.5. The summed E-state index contributed by atoms with van der Waals surface area (Å²) in [6.45, 7) is 6.69. The molecule has 5 heteroatoms. The Kier molecular flexibility index (Phi) is 3.79. The zero-order valence-corrected chi connectivity index (χ0v) is 11.9. The van der Waals surface area contributed by atoms with Gasteiger partial charge in [-0.25, -0.2) is 14.8 Å². The van der Waals surface area contributed by atoms with E-state index in [1.807, 2.05) is 13.8 Å². The zero-order chi connectivity index (χ0) is 14.9. The second-order valence-electron chi connectivity index (χ2n) is 4.76. The molecule has 1 aromatic heterocycles. The van der Waals surface area contributed by atoms with Crippen LogP contribution in [0, 0.1) is 13.8 Å². The molecular formula is C15H16N2O3. The van der Waals surface area contributed by atoms with E-state index in [1.54, 1.807) is 25.1 Å². The fraction of sp³-hybridized carbons (Fsp3) is 0.333. The zero-order valence-electron chi connectivity index (χ0n) is 11.9. The van der Waals surface area contributed by atoms with Gasteiger partial charge in [0, 0.05) is 0 Å². The van der Waals surface area contributed by atoms with Crippen molar-refractivity contribution in [3.05, 3.63) is 35.2 Å². The summed E-state index contributed by atoms with van der Waals surface area (Å²) in [6.07, 6.45) is -0.746. The van der Waals surface area contributed by atoms with E-state index >= 15 is 0 Å². The maximum Gasteiger partial charge on any atom is 0.338 e. The third-order valence-electron chi connectivity index (χ3n) is 3.17. The molecule has 0 amide bonds. The number of ether oxygens (including phenoxy) is 1. The topological polar surface area (TPSA) is 69.2 Å². The predicted molar refractivity (Wildman–Crippen MR) is 74.6 cm³/mol. The molecule has 0 saturated carbocycles. The number of carbonyl (C=O) groups excluding carboxylic acids is 2. The summed E-state index contributed by atoms with van der Waals surface area (Å²) in [5, 5.41) is 0. The van der Waals surface area contributed by atoms with E-state index in [2.05, 4.69) is 9.97 Å². The van der Waals surface area contributed by atoms with E-state index < -0.39 is 12.1 Å². The van der Waals surface area contributed by atoms with E-state index in [0.29, 0.717) is 11.1 Å². The molecule has 1 atom stereocenters. The fourth-order valence-electron chi connectivity index (χ4n) is 1.67. The smallest absolute Gasteiger partial charge is 0.338 e. The van der Waals surface area contributed by atoms with Gasteiger partial charge in [-0.1, -0.05) is 0 Å². The maximum absolute atomic E-state index is 11.9. The van der Waals surface area contributed by atoms with E-state index in [-0.39, 0.29) is 5.78 Å². The highest BCUT2D eigenvalue weighted by molar-refractivity contribution is 5.95. The second kappa shape index (κ2) is 5.36. The number of fused-ring (bicyclic) bond motifs is 1. The molecule has 0 bridgehead atoms. The lowest BCUT2D eigenvalue weighted by Gasteiger charge is -2.10. The standard InChI is InChI=1S/C15H16N2O3/c1-8-9(2)17-14-7-12(5-6-13(14)16-8)15(19)20-11(4)10(3)18/h5-7,11H,1-4H3/t11-/m0/s1. The van der Waals surface area contributed by atoms with E-state index in [0.717, 1.165) is 16.9 Å². The number of esters is 1. The van der Waals surface area contributed by atoms with E-state index in [9.17, 15) is 9.59 Å². The number of hydrogen-bond acceptors (Lipinski definition) is 5. The minimum Gasteiger partial charge on any atom is -0.451 e. The predicted octanol–water partition coefficient (Wildman–Crippen LogP) is 2.38. The number of Topliss-reactive ketones (excluding diaryl/α,β-unsaturated/α-hetero) is 1. The molecule has 0 saturated heterocycles. The molecule has 0 fully saturated rings. The Hall–Kier alpha value is -2.30. The fourth-order valence-corrected chi connectivity index (χ4v) is 1.67. The Morgan fingerprint density at radius 3 is 2.30 bits per heavy atom. The monoisotopic (exact) mass is 272 g/mol. The molecule has 5 nitrogen and oxygen atoms in total. The molecule has 0 spiro atoms. The van der Waals surface area contributed by atoms with Crippen molar-refractivity contribution in [3.63, 3.8) is 0 Å². The number of aromatic nitrogens is 2. The molecule has 104 valence electrons. The molecule has 0 radical (unpaired) electrons. The minimum atomic E-state index is -0.746. The SMILES string of the molecule is CC(=O)[C@H](C)OC(=O)c1ccc2nc(C)c(C)nc2c1. The van der Waals surface area contributed by atoms with Gasteiger partial charge in [-0.15, -0.1) is 0 Å². The van der Waals surface area contributed by atoms with Crippen molar-refractivity contribution in [2.24, 2.45) is 0 Å². The lowest BCUT2D eigenvalue weighted by Crippen LogP contribution is -2.21. The summed E-state index contributed by atoms with van der Waals surface area (Å²) in [6, 6.07) is 4.98. The number of ketones is 1. The van der Waals surface area contributed by atoms with Crippen LogP contribution in [0.15, 0.2) is 18.2 Å². The highest BCUT2D eigenvalue weighted by Gasteiger charge is 2.16. The average molecular weight is 272 g/mol. The van der Waals surface area contributed by atoms with Gasteiger partial charge in [0.2, 0.25) is 0 Å². The van der Waals surface area contributed by atoms with Gasteiger partial charge in [0.05, 0.1) is 28.0 Å². The first-order valence-electron chi connectivity index (χ1n) is 6.35. The summed E-state index contributed by atoms with van der Waals surface area (Å²) < 4.78 is 5.06. The van der Waals surface area contributed by atoms with Gasteiger partial charge < -0.3 is 4.74 Å². The third kappa shape index (κ3) is 2.82. The van der Waals surface area contributed by atoms with Crippen LogP contribution in [0.4, 0.5) is 0 Å². The van der Waals surface area contributed by atoms with Gasteiger partial charge in [-0.3, -0.25) is 4.79 Å². The van der Waals surface area contributed by atoms with Crippen LogP contribution in [0.25, 0.3) is 11.0 Å². The average Bonchev–Trinajstić information content (AvgIpc) is 2.39. The molecule has 2 rings (SSSR count). The summed E-state index contributed by atoms with van der Waals surface area (Å²) >= 11 is 0. The van der Waals surface area contributed by atoms with Crippen molar-refractivity contribution >= 4 is 22.8 Å². The number of hydrogen-bond donors (Lipinski definition) is 0. The summed E-state index contributed by atoms with van der Waals surface area (Å²) in [4.78, 5) is 31.8. The number of nitrogens with zero attached hydrogens (tertiary/aromatic N) is 2. The summed E-state index contributed by atoms with van der Waals surface area (Å²) in [5.74, 6) is -0.722. The van der Waals surface area contributed by atoms with Gasteiger partial charge in [-0.05, 0) is 45.9 Å². The molecule has 0 aliphatic carbocycles. The van der Waals surface area contributed by atoms with Crippen LogP contribution in [-0.2, 0) is 9.53 Å². The normalized spacial score (nSPS) is 12.2. The summed E-state index contributed by atoms with van der Waals surface area (Å²) in [5.41, 5.74) is 3.41. The third-order valence-corrected chi connectivity index (χ3v) is 3.17. The van der Waals surface area contributed by atoms with Crippen molar-refractivity contribution in [2.75, 3.05) is 0 Å². The quantitative estimate of drug-likeness (QED) is 0.802. The molecule has 1 aromatic carbocycles. The molecule has 20 heavy (non-hydrogen) atoms. The van der Waals surface area contributed by atoms with Crippen LogP contribution in [-0.4, -0.2) is 27.8 Å².